The largest absolute Gasteiger partial charge is 0.370 e. The monoisotopic (exact) mass is 249 g/mol. The second-order valence-electron chi connectivity index (χ2n) is 6.53. The maximum Gasteiger partial charge on any atom is 0.131 e. The van der Waals surface area contributed by atoms with E-state index in [1.165, 1.54) is 0 Å². The van der Waals surface area contributed by atoms with Crippen LogP contribution in [0.4, 0.5) is 5.82 Å². The van der Waals surface area contributed by atoms with E-state index < -0.39 is 0 Å². The summed E-state index contributed by atoms with van der Waals surface area (Å²) in [7, 11) is 0. The fourth-order valence-corrected chi connectivity index (χ4v) is 1.90. The average molecular weight is 249 g/mol. The molecule has 0 fully saturated rings. The molecule has 1 aromatic rings. The van der Waals surface area contributed by atoms with Crippen molar-refractivity contribution in [2.24, 2.45) is 11.3 Å². The summed E-state index contributed by atoms with van der Waals surface area (Å²) >= 11 is 0. The van der Waals surface area contributed by atoms with Gasteiger partial charge in [0.2, 0.25) is 0 Å². The van der Waals surface area contributed by atoms with Gasteiger partial charge in [0, 0.05) is 24.7 Å². The smallest absolute Gasteiger partial charge is 0.131 e. The molecule has 102 valence electrons. The summed E-state index contributed by atoms with van der Waals surface area (Å²) in [6.45, 7) is 14.1. The van der Waals surface area contributed by atoms with Crippen LogP contribution in [-0.4, -0.2) is 16.5 Å². The summed E-state index contributed by atoms with van der Waals surface area (Å²) in [5, 5.41) is 3.30. The maximum absolute atomic E-state index is 4.69. The van der Waals surface area contributed by atoms with Crippen molar-refractivity contribution in [1.82, 2.24) is 9.97 Å². The summed E-state index contributed by atoms with van der Waals surface area (Å²) in [6.07, 6.45) is 1.93. The Morgan fingerprint density at radius 1 is 1.22 bits per heavy atom. The highest BCUT2D eigenvalue weighted by Crippen LogP contribution is 2.20. The molecule has 0 spiro atoms. The summed E-state index contributed by atoms with van der Waals surface area (Å²) in [5.74, 6) is 2.54. The van der Waals surface area contributed by atoms with Gasteiger partial charge in [0.25, 0.3) is 0 Å². The Morgan fingerprint density at radius 3 is 2.39 bits per heavy atom. The van der Waals surface area contributed by atoms with Gasteiger partial charge in [-0.25, -0.2) is 9.97 Å². The average Bonchev–Trinajstić information content (AvgIpc) is 2.12. The van der Waals surface area contributed by atoms with Gasteiger partial charge in [-0.15, -0.1) is 0 Å². The lowest BCUT2D eigenvalue weighted by molar-refractivity contribution is 0.400. The molecule has 0 amide bonds. The van der Waals surface area contributed by atoms with Crippen molar-refractivity contribution >= 4 is 5.82 Å². The highest BCUT2D eigenvalue weighted by Gasteiger charge is 2.15. The second kappa shape index (κ2) is 6.17. The minimum absolute atomic E-state index is 0.222. The number of nitrogens with one attached hydrogen (secondary N) is 1. The Kier molecular flexibility index (Phi) is 5.12. The number of aromatic nitrogens is 2. The lowest BCUT2D eigenvalue weighted by Crippen LogP contribution is -2.15. The van der Waals surface area contributed by atoms with Gasteiger partial charge in [0.05, 0.1) is 0 Å². The van der Waals surface area contributed by atoms with Crippen LogP contribution in [0.5, 0.6) is 0 Å². The van der Waals surface area contributed by atoms with Gasteiger partial charge in [-0.1, -0.05) is 34.6 Å². The van der Waals surface area contributed by atoms with Gasteiger partial charge in [-0.05, 0) is 24.7 Å². The first-order valence-corrected chi connectivity index (χ1v) is 6.91. The molecule has 18 heavy (non-hydrogen) atoms. The molecule has 1 rings (SSSR count). The van der Waals surface area contributed by atoms with E-state index in [2.05, 4.69) is 57.9 Å². The van der Waals surface area contributed by atoms with Crippen molar-refractivity contribution < 1.29 is 0 Å². The first-order valence-electron chi connectivity index (χ1n) is 6.91. The minimum atomic E-state index is 0.222. The SMILES string of the molecule is CCNc1cc(CC(C)C)nc(CC(C)(C)C)n1. The van der Waals surface area contributed by atoms with Gasteiger partial charge < -0.3 is 5.32 Å². The van der Waals surface area contributed by atoms with Crippen molar-refractivity contribution in [2.45, 2.75) is 54.4 Å². The standard InChI is InChI=1S/C15H27N3/c1-7-16-13-9-12(8-11(2)3)17-14(18-13)10-15(4,5)6/h9,11H,7-8,10H2,1-6H3,(H,16,17,18). The van der Waals surface area contributed by atoms with E-state index in [1.807, 2.05) is 0 Å². The summed E-state index contributed by atoms with van der Waals surface area (Å²) in [5.41, 5.74) is 1.37. The Balaban J connectivity index is 2.97. The number of rotatable bonds is 5. The predicted molar refractivity (Wildman–Crippen MR) is 77.9 cm³/mol. The predicted octanol–water partition coefficient (Wildman–Crippen LogP) is 3.70. The second-order valence-corrected chi connectivity index (χ2v) is 6.53. The third-order valence-corrected chi connectivity index (χ3v) is 2.49. The molecule has 1 N–H and O–H groups in total. The Hall–Kier alpha value is -1.12. The molecule has 3 nitrogen and oxygen atoms in total. The Bertz CT molecular complexity index is 378. The Labute approximate surface area is 111 Å². The molecule has 0 saturated carbocycles. The van der Waals surface area contributed by atoms with Crippen molar-refractivity contribution in [3.8, 4) is 0 Å². The topological polar surface area (TPSA) is 37.8 Å². The third kappa shape index (κ3) is 5.48. The fraction of sp³-hybridized carbons (Fsp3) is 0.733. The van der Waals surface area contributed by atoms with E-state index in [9.17, 15) is 0 Å². The minimum Gasteiger partial charge on any atom is -0.370 e. The highest BCUT2D eigenvalue weighted by atomic mass is 15.0. The van der Waals surface area contributed by atoms with E-state index >= 15 is 0 Å². The normalized spacial score (nSPS) is 11.9. The van der Waals surface area contributed by atoms with Crippen LogP contribution < -0.4 is 5.32 Å². The van der Waals surface area contributed by atoms with Crippen LogP contribution in [-0.2, 0) is 12.8 Å². The molecule has 3 heteroatoms. The van der Waals surface area contributed by atoms with Crippen molar-refractivity contribution in [3.05, 3.63) is 17.6 Å². The van der Waals surface area contributed by atoms with Gasteiger partial charge in [0.1, 0.15) is 11.6 Å². The molecular weight excluding hydrogens is 222 g/mol. The van der Waals surface area contributed by atoms with E-state index in [0.717, 1.165) is 36.7 Å². The molecule has 1 aromatic heterocycles. The van der Waals surface area contributed by atoms with E-state index in [4.69, 9.17) is 4.98 Å². The summed E-state index contributed by atoms with van der Waals surface area (Å²) < 4.78 is 0. The molecule has 0 bridgehead atoms. The third-order valence-electron chi connectivity index (χ3n) is 2.49. The first-order chi connectivity index (χ1) is 8.30. The van der Waals surface area contributed by atoms with Crippen molar-refractivity contribution in [1.29, 1.82) is 0 Å². The Morgan fingerprint density at radius 2 is 1.89 bits per heavy atom. The van der Waals surface area contributed by atoms with Crippen LogP contribution in [0.25, 0.3) is 0 Å². The van der Waals surface area contributed by atoms with Crippen molar-refractivity contribution in [2.75, 3.05) is 11.9 Å². The van der Waals surface area contributed by atoms with E-state index in [-0.39, 0.29) is 5.41 Å². The number of nitrogens with zero attached hydrogens (tertiary/aromatic N) is 2. The summed E-state index contributed by atoms with van der Waals surface area (Å²) in [4.78, 5) is 9.28. The number of anilines is 1. The van der Waals surface area contributed by atoms with Crippen LogP contribution in [0.15, 0.2) is 6.07 Å². The molecule has 0 radical (unpaired) electrons. The van der Waals surface area contributed by atoms with Gasteiger partial charge in [-0.2, -0.15) is 0 Å². The molecule has 0 atom stereocenters. The van der Waals surface area contributed by atoms with Gasteiger partial charge in [-0.3, -0.25) is 0 Å². The van der Waals surface area contributed by atoms with Crippen LogP contribution >= 0.6 is 0 Å². The first kappa shape index (κ1) is 14.9. The van der Waals surface area contributed by atoms with Crippen molar-refractivity contribution in [3.63, 3.8) is 0 Å². The molecule has 0 aliphatic rings. The highest BCUT2D eigenvalue weighted by molar-refractivity contribution is 5.36. The molecular formula is C15H27N3. The van der Waals surface area contributed by atoms with Gasteiger partial charge in [0.15, 0.2) is 0 Å². The van der Waals surface area contributed by atoms with Crippen LogP contribution in [0.1, 0.15) is 53.1 Å². The van der Waals surface area contributed by atoms with Crippen LogP contribution in [0.3, 0.4) is 0 Å². The molecule has 0 saturated heterocycles. The molecule has 0 aliphatic carbocycles. The fourth-order valence-electron chi connectivity index (χ4n) is 1.90. The number of hydrogen-bond acceptors (Lipinski definition) is 3. The van der Waals surface area contributed by atoms with E-state index in [0.29, 0.717) is 5.92 Å². The van der Waals surface area contributed by atoms with Crippen LogP contribution in [0.2, 0.25) is 0 Å². The lowest BCUT2D eigenvalue weighted by atomic mass is 9.92. The molecule has 0 unspecified atom stereocenters. The zero-order valence-electron chi connectivity index (χ0n) is 12.7. The lowest BCUT2D eigenvalue weighted by Gasteiger charge is -2.18. The van der Waals surface area contributed by atoms with Gasteiger partial charge >= 0.3 is 0 Å². The summed E-state index contributed by atoms with van der Waals surface area (Å²) in [6, 6.07) is 2.08. The maximum atomic E-state index is 4.69. The van der Waals surface area contributed by atoms with Crippen LogP contribution in [0, 0.1) is 11.3 Å². The van der Waals surface area contributed by atoms with E-state index in [1.54, 1.807) is 0 Å². The molecule has 1 heterocycles. The quantitative estimate of drug-likeness (QED) is 0.864. The molecule has 0 aromatic carbocycles. The number of hydrogen-bond donors (Lipinski definition) is 1. The zero-order chi connectivity index (χ0) is 13.8. The zero-order valence-corrected chi connectivity index (χ0v) is 12.7. The molecule has 0 aliphatic heterocycles.